The van der Waals surface area contributed by atoms with Crippen molar-refractivity contribution in [1.82, 2.24) is 0 Å². The third-order valence-corrected chi connectivity index (χ3v) is 3.75. The third kappa shape index (κ3) is 2.32. The predicted molar refractivity (Wildman–Crippen MR) is 89.5 cm³/mol. The van der Waals surface area contributed by atoms with Crippen LogP contribution in [0.4, 0.5) is 0 Å². The van der Waals surface area contributed by atoms with E-state index in [0.29, 0.717) is 16.7 Å². The Morgan fingerprint density at radius 1 is 0.917 bits per heavy atom. The highest BCUT2D eigenvalue weighted by Gasteiger charge is 2.27. The zero-order chi connectivity index (χ0) is 16.5. The first-order chi connectivity index (χ1) is 11.7. The number of fused-ring (bicyclic) bond motifs is 1. The van der Waals surface area contributed by atoms with Gasteiger partial charge in [0.25, 0.3) is 0 Å². The summed E-state index contributed by atoms with van der Waals surface area (Å²) in [6, 6.07) is 16.1. The summed E-state index contributed by atoms with van der Waals surface area (Å²) < 4.78 is 5.47. The van der Waals surface area contributed by atoms with Crippen molar-refractivity contribution in [1.29, 1.82) is 0 Å². The van der Waals surface area contributed by atoms with Gasteiger partial charge in [-0.25, -0.2) is 4.79 Å². The molecule has 2 aromatic carbocycles. The van der Waals surface area contributed by atoms with Crippen molar-refractivity contribution in [2.45, 2.75) is 0 Å². The van der Waals surface area contributed by atoms with Gasteiger partial charge < -0.3 is 9.25 Å². The maximum Gasteiger partial charge on any atom is 0.368 e. The smallest absolute Gasteiger partial charge is 0.368 e. The maximum absolute atomic E-state index is 12.6. The molecule has 0 aliphatic carbocycles. The summed E-state index contributed by atoms with van der Waals surface area (Å²) in [5, 5.41) is 4.28. The van der Waals surface area contributed by atoms with Gasteiger partial charge in [0.05, 0.1) is 16.5 Å². The summed E-state index contributed by atoms with van der Waals surface area (Å²) in [7, 11) is 0. The van der Waals surface area contributed by atoms with Gasteiger partial charge in [-0.15, -0.1) is 0 Å². The minimum absolute atomic E-state index is 0.212. The van der Waals surface area contributed by atoms with Crippen LogP contribution in [0.2, 0.25) is 0 Å². The molecule has 3 aromatic rings. The van der Waals surface area contributed by atoms with E-state index in [1.54, 1.807) is 24.3 Å². The van der Waals surface area contributed by atoms with Crippen molar-refractivity contribution in [3.05, 3.63) is 87.8 Å². The van der Waals surface area contributed by atoms with Crippen LogP contribution in [0.25, 0.3) is 17.0 Å². The highest BCUT2D eigenvalue weighted by Crippen LogP contribution is 2.20. The van der Waals surface area contributed by atoms with Crippen LogP contribution < -0.4 is 5.43 Å². The van der Waals surface area contributed by atoms with E-state index < -0.39 is 5.97 Å². The topological polar surface area (TPSA) is 68.9 Å². The molecule has 24 heavy (non-hydrogen) atoms. The minimum atomic E-state index is -0.596. The molecule has 0 amide bonds. The van der Waals surface area contributed by atoms with Gasteiger partial charge in [0.1, 0.15) is 17.6 Å². The Morgan fingerprint density at radius 2 is 1.67 bits per heavy atom. The Hall–Kier alpha value is -3.47. The molecule has 0 unspecified atom stereocenters. The van der Waals surface area contributed by atoms with E-state index in [0.717, 1.165) is 5.56 Å². The lowest BCUT2D eigenvalue weighted by Gasteiger charge is -2.01. The van der Waals surface area contributed by atoms with Gasteiger partial charge in [0.2, 0.25) is 0 Å². The zero-order valence-electron chi connectivity index (χ0n) is 12.4. The third-order valence-electron chi connectivity index (χ3n) is 3.75. The molecule has 0 N–H and O–H groups in total. The highest BCUT2D eigenvalue weighted by molar-refractivity contribution is 6.31. The predicted octanol–water partition coefficient (Wildman–Crippen LogP) is 3.14. The second kappa shape index (κ2) is 5.62. The lowest BCUT2D eigenvalue weighted by molar-refractivity contribution is -0.136. The van der Waals surface area contributed by atoms with E-state index in [9.17, 15) is 9.59 Å². The quantitative estimate of drug-likeness (QED) is 0.538. The number of para-hydroxylation sites is 1. The second-order valence-electron chi connectivity index (χ2n) is 5.26. The molecule has 0 saturated carbocycles. The van der Waals surface area contributed by atoms with E-state index in [1.165, 1.54) is 12.3 Å². The van der Waals surface area contributed by atoms with Crippen molar-refractivity contribution in [2.24, 2.45) is 5.16 Å². The lowest BCUT2D eigenvalue weighted by atomic mass is 10.0. The molecular formula is C19H11NO4. The van der Waals surface area contributed by atoms with Crippen molar-refractivity contribution >= 4 is 28.7 Å². The van der Waals surface area contributed by atoms with E-state index in [4.69, 9.17) is 9.25 Å². The Labute approximate surface area is 136 Å². The average molecular weight is 317 g/mol. The van der Waals surface area contributed by atoms with Crippen LogP contribution >= 0.6 is 0 Å². The summed E-state index contributed by atoms with van der Waals surface area (Å²) in [5.74, 6) is -0.596. The van der Waals surface area contributed by atoms with E-state index in [2.05, 4.69) is 5.16 Å². The molecule has 5 heteroatoms. The van der Waals surface area contributed by atoms with Crippen molar-refractivity contribution in [3.63, 3.8) is 0 Å². The summed E-state index contributed by atoms with van der Waals surface area (Å²) >= 11 is 0. The van der Waals surface area contributed by atoms with Gasteiger partial charge in [-0.2, -0.15) is 0 Å². The second-order valence-corrected chi connectivity index (χ2v) is 5.26. The first-order valence-electron chi connectivity index (χ1n) is 7.31. The first kappa shape index (κ1) is 14.1. The fourth-order valence-electron chi connectivity index (χ4n) is 2.56. The highest BCUT2D eigenvalue weighted by atomic mass is 16.7. The summed E-state index contributed by atoms with van der Waals surface area (Å²) in [6.45, 7) is 0. The number of nitrogens with zero attached hydrogens (tertiary/aromatic N) is 1. The van der Waals surface area contributed by atoms with Crippen LogP contribution in [-0.2, 0) is 9.63 Å². The molecule has 1 aromatic heterocycles. The number of carbonyl (C=O) groups is 1. The van der Waals surface area contributed by atoms with Crippen molar-refractivity contribution in [2.75, 3.05) is 0 Å². The molecule has 0 radical (unpaired) electrons. The molecule has 116 valence electrons. The van der Waals surface area contributed by atoms with Gasteiger partial charge in [-0.05, 0) is 18.2 Å². The van der Waals surface area contributed by atoms with Gasteiger partial charge in [-0.3, -0.25) is 4.79 Å². The first-order valence-corrected chi connectivity index (χ1v) is 7.31. The molecular weight excluding hydrogens is 306 g/mol. The largest absolute Gasteiger partial charge is 0.463 e. The standard InChI is InChI=1S/C19H11NO4/c21-18-13(11-23-16-9-5-4-8-14(16)18)10-15-17(20-24-19(15)22)12-6-2-1-3-7-12/h1-11H/b15-10-. The normalized spacial score (nSPS) is 15.6. The molecule has 0 spiro atoms. The van der Waals surface area contributed by atoms with Crippen LogP contribution in [0.1, 0.15) is 11.1 Å². The maximum atomic E-state index is 12.6. The van der Waals surface area contributed by atoms with E-state index >= 15 is 0 Å². The van der Waals surface area contributed by atoms with Gasteiger partial charge in [0, 0.05) is 5.56 Å². The lowest BCUT2D eigenvalue weighted by Crippen LogP contribution is -2.10. The van der Waals surface area contributed by atoms with Crippen LogP contribution in [-0.4, -0.2) is 11.7 Å². The fraction of sp³-hybridized carbons (Fsp3) is 0. The number of hydrogen-bond acceptors (Lipinski definition) is 5. The minimum Gasteiger partial charge on any atom is -0.463 e. The molecule has 1 aliphatic rings. The van der Waals surface area contributed by atoms with Gasteiger partial charge >= 0.3 is 5.97 Å². The van der Waals surface area contributed by atoms with E-state index in [-0.39, 0.29) is 16.6 Å². The summed E-state index contributed by atoms with van der Waals surface area (Å²) in [6.07, 6.45) is 2.80. The number of rotatable bonds is 2. The molecule has 0 atom stereocenters. The van der Waals surface area contributed by atoms with Crippen LogP contribution in [0, 0.1) is 0 Å². The van der Waals surface area contributed by atoms with Crippen LogP contribution in [0.15, 0.2) is 80.8 Å². The Bertz CT molecular complexity index is 1060. The molecule has 0 saturated heterocycles. The summed E-state index contributed by atoms with van der Waals surface area (Å²) in [5.41, 5.74) is 1.91. The fourth-order valence-corrected chi connectivity index (χ4v) is 2.56. The number of benzene rings is 2. The molecule has 4 rings (SSSR count). The SMILES string of the molecule is O=C1ON=C(c2ccccc2)/C1=C/c1coc2ccccc2c1=O. The number of hydrogen-bond donors (Lipinski definition) is 0. The van der Waals surface area contributed by atoms with Crippen LogP contribution in [0.3, 0.4) is 0 Å². The molecule has 2 heterocycles. The Kier molecular flexibility index (Phi) is 3.31. The molecule has 1 aliphatic heterocycles. The van der Waals surface area contributed by atoms with Crippen molar-refractivity contribution in [3.8, 4) is 0 Å². The molecule has 0 bridgehead atoms. The number of carbonyl (C=O) groups excluding carboxylic acids is 1. The molecule has 0 fully saturated rings. The summed E-state index contributed by atoms with van der Waals surface area (Å²) in [4.78, 5) is 29.3. The van der Waals surface area contributed by atoms with Crippen LogP contribution in [0.5, 0.6) is 0 Å². The zero-order valence-corrected chi connectivity index (χ0v) is 12.4. The monoisotopic (exact) mass is 317 g/mol. The Balaban J connectivity index is 1.85. The van der Waals surface area contributed by atoms with Gasteiger partial charge in [0.15, 0.2) is 5.43 Å². The molecule has 5 nitrogen and oxygen atoms in total. The van der Waals surface area contributed by atoms with E-state index in [1.807, 2.05) is 30.3 Å². The number of oxime groups is 1. The van der Waals surface area contributed by atoms with Gasteiger partial charge in [-0.1, -0.05) is 47.6 Å². The Morgan fingerprint density at radius 3 is 2.50 bits per heavy atom. The average Bonchev–Trinajstić information content (AvgIpc) is 2.99. The van der Waals surface area contributed by atoms with Crippen molar-refractivity contribution < 1.29 is 14.0 Å².